The number of benzene rings is 2. The minimum atomic E-state index is -4.99. The van der Waals surface area contributed by atoms with Gasteiger partial charge in [-0.05, 0) is 71.6 Å². The molecular formula is C29H21F6N3O. The van der Waals surface area contributed by atoms with Crippen LogP contribution in [0.3, 0.4) is 0 Å². The van der Waals surface area contributed by atoms with Crippen molar-refractivity contribution in [1.29, 1.82) is 0 Å². The second kappa shape index (κ2) is 10.2. The number of carbonyl (C=O) groups is 1. The molecule has 39 heavy (non-hydrogen) atoms. The van der Waals surface area contributed by atoms with Gasteiger partial charge in [0.15, 0.2) is 0 Å². The molecule has 4 aromatic rings. The molecule has 0 aliphatic carbocycles. The maximum absolute atomic E-state index is 13.5. The number of nitrogens with zero attached hydrogens (tertiary/aromatic N) is 3. The molecule has 0 saturated carbocycles. The average molecular weight is 541 g/mol. The third kappa shape index (κ3) is 5.64. The van der Waals surface area contributed by atoms with Gasteiger partial charge in [0.1, 0.15) is 0 Å². The molecule has 10 heteroatoms. The van der Waals surface area contributed by atoms with E-state index in [4.69, 9.17) is 0 Å². The van der Waals surface area contributed by atoms with Gasteiger partial charge in [0.2, 0.25) is 0 Å². The van der Waals surface area contributed by atoms with Crippen molar-refractivity contribution in [3.05, 3.63) is 108 Å². The third-order valence-electron chi connectivity index (χ3n) is 6.74. The summed E-state index contributed by atoms with van der Waals surface area (Å²) < 4.78 is 81.2. The van der Waals surface area contributed by atoms with Crippen molar-refractivity contribution in [3.63, 3.8) is 0 Å². The highest BCUT2D eigenvalue weighted by Crippen LogP contribution is 2.41. The van der Waals surface area contributed by atoms with Gasteiger partial charge in [-0.15, -0.1) is 0 Å². The van der Waals surface area contributed by atoms with E-state index in [2.05, 4.69) is 9.97 Å². The molecule has 0 bridgehead atoms. The topological polar surface area (TPSA) is 46.1 Å². The number of likely N-dealkylation sites (tertiary alicyclic amines) is 1. The van der Waals surface area contributed by atoms with E-state index >= 15 is 0 Å². The Morgan fingerprint density at radius 1 is 0.821 bits per heavy atom. The zero-order valence-corrected chi connectivity index (χ0v) is 20.3. The van der Waals surface area contributed by atoms with E-state index in [0.29, 0.717) is 30.9 Å². The Labute approximate surface area is 220 Å². The number of pyridine rings is 2. The normalized spacial score (nSPS) is 15.9. The SMILES string of the molecule is O=C(c1ccc(-c2cc(C(F)(F)F)cc(C(F)(F)F)c2)c(-c2ccccn2)c1)N1CCC(c2cccnc2)C1. The minimum Gasteiger partial charge on any atom is -0.338 e. The van der Waals surface area contributed by atoms with Crippen molar-refractivity contribution in [1.82, 2.24) is 14.9 Å². The van der Waals surface area contributed by atoms with Gasteiger partial charge < -0.3 is 4.90 Å². The molecule has 200 valence electrons. The van der Waals surface area contributed by atoms with E-state index in [9.17, 15) is 31.1 Å². The van der Waals surface area contributed by atoms with Gasteiger partial charge in [0, 0.05) is 48.7 Å². The molecule has 2 aromatic heterocycles. The summed E-state index contributed by atoms with van der Waals surface area (Å²) in [7, 11) is 0. The van der Waals surface area contributed by atoms with Gasteiger partial charge in [-0.3, -0.25) is 14.8 Å². The van der Waals surface area contributed by atoms with Crippen LogP contribution in [0.1, 0.15) is 39.4 Å². The van der Waals surface area contributed by atoms with Crippen LogP contribution in [0, 0.1) is 0 Å². The van der Waals surface area contributed by atoms with Crippen LogP contribution in [-0.2, 0) is 12.4 Å². The molecule has 1 aliphatic rings. The number of hydrogen-bond donors (Lipinski definition) is 0. The first-order valence-electron chi connectivity index (χ1n) is 12.1. The van der Waals surface area contributed by atoms with Crippen molar-refractivity contribution in [2.75, 3.05) is 13.1 Å². The lowest BCUT2D eigenvalue weighted by molar-refractivity contribution is -0.143. The molecule has 1 amide bonds. The van der Waals surface area contributed by atoms with Crippen LogP contribution >= 0.6 is 0 Å². The largest absolute Gasteiger partial charge is 0.416 e. The van der Waals surface area contributed by atoms with Crippen LogP contribution in [0.2, 0.25) is 0 Å². The third-order valence-corrected chi connectivity index (χ3v) is 6.74. The zero-order valence-electron chi connectivity index (χ0n) is 20.3. The Balaban J connectivity index is 1.56. The molecule has 0 spiro atoms. The molecule has 1 atom stereocenters. The van der Waals surface area contributed by atoms with Crippen LogP contribution in [0.4, 0.5) is 26.3 Å². The molecule has 3 heterocycles. The van der Waals surface area contributed by atoms with Crippen LogP contribution in [0.15, 0.2) is 85.3 Å². The summed E-state index contributed by atoms with van der Waals surface area (Å²) in [5, 5.41) is 0. The van der Waals surface area contributed by atoms with Crippen molar-refractivity contribution < 1.29 is 31.1 Å². The highest BCUT2D eigenvalue weighted by atomic mass is 19.4. The Hall–Kier alpha value is -4.21. The fourth-order valence-corrected chi connectivity index (χ4v) is 4.79. The average Bonchev–Trinajstić information content (AvgIpc) is 3.43. The molecule has 1 fully saturated rings. The molecular weight excluding hydrogens is 520 g/mol. The van der Waals surface area contributed by atoms with Crippen molar-refractivity contribution in [3.8, 4) is 22.4 Å². The molecule has 1 aliphatic heterocycles. The Morgan fingerprint density at radius 3 is 2.18 bits per heavy atom. The zero-order chi connectivity index (χ0) is 27.8. The molecule has 4 nitrogen and oxygen atoms in total. The summed E-state index contributed by atoms with van der Waals surface area (Å²) in [4.78, 5) is 23.5. The fourth-order valence-electron chi connectivity index (χ4n) is 4.79. The second-order valence-electron chi connectivity index (χ2n) is 9.29. The fraction of sp³-hybridized carbons (Fsp3) is 0.207. The second-order valence-corrected chi connectivity index (χ2v) is 9.29. The predicted octanol–water partition coefficient (Wildman–Crippen LogP) is 7.48. The quantitative estimate of drug-likeness (QED) is 0.252. The van der Waals surface area contributed by atoms with E-state index in [1.165, 1.54) is 24.4 Å². The standard InChI is InChI=1S/C29H21F6N3O/c30-28(31,32)22-12-21(13-23(15-22)29(33,34)35)24-7-6-18(14-25(24)26-5-1-2-10-37-26)27(39)38-11-8-20(17-38)19-4-3-9-36-16-19/h1-7,9-10,12-16,20H,8,11,17H2. The minimum absolute atomic E-state index is 0.0912. The summed E-state index contributed by atoms with van der Waals surface area (Å²) in [6, 6.07) is 14.4. The Bertz CT molecular complexity index is 1450. The molecule has 0 radical (unpaired) electrons. The first-order chi connectivity index (χ1) is 18.5. The Morgan fingerprint density at radius 2 is 1.56 bits per heavy atom. The lowest BCUT2D eigenvalue weighted by Gasteiger charge is -2.19. The molecule has 5 rings (SSSR count). The number of rotatable bonds is 4. The number of carbonyl (C=O) groups excluding carboxylic acids is 1. The van der Waals surface area contributed by atoms with E-state index in [1.54, 1.807) is 35.5 Å². The van der Waals surface area contributed by atoms with E-state index in [-0.39, 0.29) is 40.1 Å². The maximum Gasteiger partial charge on any atom is 0.416 e. The number of alkyl halides is 6. The number of halogens is 6. The van der Waals surface area contributed by atoms with Crippen molar-refractivity contribution in [2.45, 2.75) is 24.7 Å². The summed E-state index contributed by atoms with van der Waals surface area (Å²) in [5.74, 6) is -0.173. The lowest BCUT2D eigenvalue weighted by atomic mass is 9.92. The first-order valence-corrected chi connectivity index (χ1v) is 12.1. The highest BCUT2D eigenvalue weighted by Gasteiger charge is 2.37. The molecule has 1 unspecified atom stereocenters. The molecule has 2 aromatic carbocycles. The van der Waals surface area contributed by atoms with Crippen molar-refractivity contribution >= 4 is 5.91 Å². The van der Waals surface area contributed by atoms with Crippen LogP contribution in [-0.4, -0.2) is 33.9 Å². The molecule has 0 N–H and O–H groups in total. The lowest BCUT2D eigenvalue weighted by Crippen LogP contribution is -2.28. The van der Waals surface area contributed by atoms with Gasteiger partial charge in [0.05, 0.1) is 16.8 Å². The number of aromatic nitrogens is 2. The van der Waals surface area contributed by atoms with Gasteiger partial charge in [-0.2, -0.15) is 26.3 Å². The van der Waals surface area contributed by atoms with Crippen LogP contribution < -0.4 is 0 Å². The highest BCUT2D eigenvalue weighted by molar-refractivity contribution is 5.97. The number of hydrogen-bond acceptors (Lipinski definition) is 3. The summed E-state index contributed by atoms with van der Waals surface area (Å²) in [5.41, 5.74) is -1.20. The maximum atomic E-state index is 13.5. The van der Waals surface area contributed by atoms with Crippen LogP contribution in [0.5, 0.6) is 0 Å². The van der Waals surface area contributed by atoms with E-state index in [0.717, 1.165) is 12.0 Å². The van der Waals surface area contributed by atoms with Crippen molar-refractivity contribution in [2.24, 2.45) is 0 Å². The molecule has 1 saturated heterocycles. The Kier molecular flexibility index (Phi) is 6.88. The number of amides is 1. The predicted molar refractivity (Wildman–Crippen MR) is 133 cm³/mol. The smallest absolute Gasteiger partial charge is 0.338 e. The van der Waals surface area contributed by atoms with E-state index < -0.39 is 23.5 Å². The van der Waals surface area contributed by atoms with Gasteiger partial charge >= 0.3 is 12.4 Å². The van der Waals surface area contributed by atoms with Crippen LogP contribution in [0.25, 0.3) is 22.4 Å². The van der Waals surface area contributed by atoms with E-state index in [1.807, 2.05) is 12.1 Å². The summed E-state index contributed by atoms with van der Waals surface area (Å²) in [6.45, 7) is 0.968. The first kappa shape index (κ1) is 26.4. The monoisotopic (exact) mass is 541 g/mol. The van der Waals surface area contributed by atoms with Gasteiger partial charge in [0.25, 0.3) is 5.91 Å². The summed E-state index contributed by atoms with van der Waals surface area (Å²) in [6.07, 6.45) is -4.34. The van der Waals surface area contributed by atoms with Gasteiger partial charge in [-0.1, -0.05) is 18.2 Å². The summed E-state index contributed by atoms with van der Waals surface area (Å²) >= 11 is 0. The van der Waals surface area contributed by atoms with Gasteiger partial charge in [-0.25, -0.2) is 0 Å².